The molecule has 104 valence electrons. The van der Waals surface area contributed by atoms with Crippen LogP contribution in [0.1, 0.15) is 35.8 Å². The minimum absolute atomic E-state index is 0.0121. The Kier molecular flexibility index (Phi) is 4.37. The minimum atomic E-state index is -0.0121. The van der Waals surface area contributed by atoms with E-state index in [4.69, 9.17) is 10.5 Å². The van der Waals surface area contributed by atoms with Crippen molar-refractivity contribution in [1.82, 2.24) is 9.88 Å². The number of rotatable bonds is 4. The molecule has 2 heterocycles. The summed E-state index contributed by atoms with van der Waals surface area (Å²) >= 11 is 0. The molecular weight excluding hydrogens is 242 g/mol. The standard InChI is InChI=1S/C14H21N3O2/c1-3-4-11-7-10(8-13(15)16-11)14(18)17(2)12-5-6-19-9-12/h7-8,12H,3-6,9H2,1-2H3,(H2,15,16). The lowest BCUT2D eigenvalue weighted by Gasteiger charge is -2.23. The first-order valence-corrected chi connectivity index (χ1v) is 6.73. The number of likely N-dealkylation sites (N-methyl/N-ethyl adjacent to an activating group) is 1. The number of anilines is 1. The van der Waals surface area contributed by atoms with Gasteiger partial charge in [-0.3, -0.25) is 4.79 Å². The Bertz CT molecular complexity index is 456. The normalized spacial score (nSPS) is 18.5. The van der Waals surface area contributed by atoms with Gasteiger partial charge in [0.15, 0.2) is 0 Å². The van der Waals surface area contributed by atoms with Crippen LogP contribution in [0, 0.1) is 0 Å². The van der Waals surface area contributed by atoms with Gasteiger partial charge < -0.3 is 15.4 Å². The average Bonchev–Trinajstić information content (AvgIpc) is 2.90. The van der Waals surface area contributed by atoms with Gasteiger partial charge in [0.05, 0.1) is 12.6 Å². The summed E-state index contributed by atoms with van der Waals surface area (Å²) < 4.78 is 5.32. The molecule has 5 nitrogen and oxygen atoms in total. The van der Waals surface area contributed by atoms with Crippen molar-refractivity contribution in [1.29, 1.82) is 0 Å². The number of aryl methyl sites for hydroxylation is 1. The average molecular weight is 263 g/mol. The summed E-state index contributed by atoms with van der Waals surface area (Å²) in [5.41, 5.74) is 7.27. The zero-order chi connectivity index (χ0) is 13.8. The monoisotopic (exact) mass is 263 g/mol. The molecule has 1 atom stereocenters. The number of carbonyl (C=O) groups is 1. The molecule has 0 saturated carbocycles. The van der Waals surface area contributed by atoms with Crippen LogP contribution in [-0.2, 0) is 11.2 Å². The van der Waals surface area contributed by atoms with Crippen LogP contribution in [0.4, 0.5) is 5.82 Å². The first-order valence-electron chi connectivity index (χ1n) is 6.73. The van der Waals surface area contributed by atoms with Crippen molar-refractivity contribution in [3.63, 3.8) is 0 Å². The van der Waals surface area contributed by atoms with Crippen molar-refractivity contribution in [2.75, 3.05) is 26.0 Å². The first-order chi connectivity index (χ1) is 9.11. The first kappa shape index (κ1) is 13.8. The molecule has 0 aliphatic carbocycles. The maximum Gasteiger partial charge on any atom is 0.254 e. The molecule has 1 unspecified atom stereocenters. The number of carbonyl (C=O) groups excluding carboxylic acids is 1. The van der Waals surface area contributed by atoms with Gasteiger partial charge in [0.25, 0.3) is 5.91 Å². The number of pyridine rings is 1. The molecule has 0 radical (unpaired) electrons. The van der Waals surface area contributed by atoms with Crippen LogP contribution in [0.3, 0.4) is 0 Å². The fraction of sp³-hybridized carbons (Fsp3) is 0.571. The third-order valence-electron chi connectivity index (χ3n) is 3.43. The number of nitrogens with two attached hydrogens (primary N) is 1. The van der Waals surface area contributed by atoms with Crippen molar-refractivity contribution in [3.8, 4) is 0 Å². The zero-order valence-electron chi connectivity index (χ0n) is 11.6. The molecule has 0 bridgehead atoms. The highest BCUT2D eigenvalue weighted by Gasteiger charge is 2.25. The summed E-state index contributed by atoms with van der Waals surface area (Å²) in [7, 11) is 1.82. The number of hydrogen-bond donors (Lipinski definition) is 1. The third kappa shape index (κ3) is 3.23. The predicted octanol–water partition coefficient (Wildman–Crippen LogP) is 1.48. The van der Waals surface area contributed by atoms with Gasteiger partial charge in [-0.2, -0.15) is 0 Å². The molecule has 19 heavy (non-hydrogen) atoms. The van der Waals surface area contributed by atoms with Crippen LogP contribution < -0.4 is 5.73 Å². The van der Waals surface area contributed by atoms with E-state index in [1.54, 1.807) is 11.0 Å². The number of ether oxygens (including phenoxy) is 1. The highest BCUT2D eigenvalue weighted by atomic mass is 16.5. The molecule has 1 aromatic heterocycles. The lowest BCUT2D eigenvalue weighted by atomic mass is 10.1. The van der Waals surface area contributed by atoms with Crippen LogP contribution >= 0.6 is 0 Å². The summed E-state index contributed by atoms with van der Waals surface area (Å²) in [5, 5.41) is 0. The predicted molar refractivity (Wildman–Crippen MR) is 74.0 cm³/mol. The quantitative estimate of drug-likeness (QED) is 0.893. The largest absolute Gasteiger partial charge is 0.384 e. The highest BCUT2D eigenvalue weighted by Crippen LogP contribution is 2.16. The molecule has 1 aliphatic heterocycles. The number of nitrogen functional groups attached to an aromatic ring is 1. The molecule has 2 rings (SSSR count). The Morgan fingerprint density at radius 1 is 1.58 bits per heavy atom. The van der Waals surface area contributed by atoms with Gasteiger partial charge in [-0.1, -0.05) is 13.3 Å². The maximum absolute atomic E-state index is 12.4. The molecule has 1 amide bonds. The van der Waals surface area contributed by atoms with Crippen LogP contribution in [0.5, 0.6) is 0 Å². The summed E-state index contributed by atoms with van der Waals surface area (Å²) in [5.74, 6) is 0.396. The number of aromatic nitrogens is 1. The van der Waals surface area contributed by atoms with E-state index in [-0.39, 0.29) is 11.9 Å². The molecule has 0 spiro atoms. The van der Waals surface area contributed by atoms with Gasteiger partial charge in [0, 0.05) is 24.9 Å². The molecule has 2 N–H and O–H groups in total. The Hall–Kier alpha value is -1.62. The fourth-order valence-corrected chi connectivity index (χ4v) is 2.32. The van der Waals surface area contributed by atoms with Crippen LogP contribution in [0.25, 0.3) is 0 Å². The van der Waals surface area contributed by atoms with Gasteiger partial charge in [0.2, 0.25) is 0 Å². The second-order valence-corrected chi connectivity index (χ2v) is 4.96. The topological polar surface area (TPSA) is 68.5 Å². The molecular formula is C14H21N3O2. The van der Waals surface area contributed by atoms with E-state index in [0.717, 1.165) is 31.6 Å². The van der Waals surface area contributed by atoms with Crippen molar-refractivity contribution >= 4 is 11.7 Å². The summed E-state index contributed by atoms with van der Waals surface area (Å²) in [4.78, 5) is 18.4. The lowest BCUT2D eigenvalue weighted by Crippen LogP contribution is -2.37. The van der Waals surface area contributed by atoms with Crippen LogP contribution in [0.2, 0.25) is 0 Å². The fourth-order valence-electron chi connectivity index (χ4n) is 2.32. The number of amides is 1. The molecule has 1 fully saturated rings. The zero-order valence-corrected chi connectivity index (χ0v) is 11.6. The van der Waals surface area contributed by atoms with Crippen molar-refractivity contribution < 1.29 is 9.53 Å². The Morgan fingerprint density at radius 2 is 2.37 bits per heavy atom. The Morgan fingerprint density at radius 3 is 3.00 bits per heavy atom. The van der Waals surface area contributed by atoms with Gasteiger partial charge in [-0.25, -0.2) is 4.98 Å². The van der Waals surface area contributed by atoms with Gasteiger partial charge in [-0.05, 0) is 25.0 Å². The van der Waals surface area contributed by atoms with Crippen molar-refractivity contribution in [2.24, 2.45) is 0 Å². The second-order valence-electron chi connectivity index (χ2n) is 4.96. The minimum Gasteiger partial charge on any atom is -0.384 e. The third-order valence-corrected chi connectivity index (χ3v) is 3.43. The SMILES string of the molecule is CCCc1cc(C(=O)N(C)C2CCOC2)cc(N)n1. The second kappa shape index (κ2) is 6.02. The van der Waals surface area contributed by atoms with E-state index >= 15 is 0 Å². The number of hydrogen-bond acceptors (Lipinski definition) is 4. The van der Waals surface area contributed by atoms with Gasteiger partial charge in [0.1, 0.15) is 5.82 Å². The highest BCUT2D eigenvalue weighted by molar-refractivity contribution is 5.95. The summed E-state index contributed by atoms with van der Waals surface area (Å²) in [6.45, 7) is 3.42. The molecule has 1 aliphatic rings. The van der Waals surface area contributed by atoms with Gasteiger partial charge in [-0.15, -0.1) is 0 Å². The van der Waals surface area contributed by atoms with Crippen molar-refractivity contribution in [3.05, 3.63) is 23.4 Å². The molecule has 1 aromatic rings. The molecule has 1 saturated heterocycles. The van der Waals surface area contributed by atoms with E-state index in [0.29, 0.717) is 18.0 Å². The van der Waals surface area contributed by atoms with Gasteiger partial charge >= 0.3 is 0 Å². The smallest absolute Gasteiger partial charge is 0.254 e. The van der Waals surface area contributed by atoms with E-state index in [2.05, 4.69) is 11.9 Å². The lowest BCUT2D eigenvalue weighted by molar-refractivity contribution is 0.0711. The van der Waals surface area contributed by atoms with E-state index in [1.807, 2.05) is 13.1 Å². The summed E-state index contributed by atoms with van der Waals surface area (Å²) in [6, 6.07) is 3.65. The Balaban J connectivity index is 2.17. The summed E-state index contributed by atoms with van der Waals surface area (Å²) in [6.07, 6.45) is 2.71. The Labute approximate surface area is 113 Å². The number of nitrogens with zero attached hydrogens (tertiary/aromatic N) is 2. The van der Waals surface area contributed by atoms with E-state index < -0.39 is 0 Å². The van der Waals surface area contributed by atoms with Crippen molar-refractivity contribution in [2.45, 2.75) is 32.2 Å². The van der Waals surface area contributed by atoms with Crippen LogP contribution in [0.15, 0.2) is 12.1 Å². The maximum atomic E-state index is 12.4. The molecule has 5 heteroatoms. The molecule has 0 aromatic carbocycles. The van der Waals surface area contributed by atoms with E-state index in [1.165, 1.54) is 0 Å². The van der Waals surface area contributed by atoms with E-state index in [9.17, 15) is 4.79 Å². The van der Waals surface area contributed by atoms with Crippen LogP contribution in [-0.4, -0.2) is 42.1 Å².